The molecule has 0 amide bonds. The molecule has 16 bridgehead atoms. The Hall–Kier alpha value is -16.3. The van der Waals surface area contributed by atoms with Crippen molar-refractivity contribution < 1.29 is 28.4 Å². The van der Waals surface area contributed by atoms with E-state index >= 15 is 0 Å². The van der Waals surface area contributed by atoms with Crippen LogP contribution >= 0.6 is 0 Å². The Kier molecular flexibility index (Phi) is 19.1. The maximum Gasteiger partial charge on any atom is 0.163 e. The summed E-state index contributed by atoms with van der Waals surface area (Å²) in [6.45, 7) is 1.44. The first-order chi connectivity index (χ1) is 62.5. The van der Waals surface area contributed by atoms with Gasteiger partial charge in [0, 0.05) is 113 Å². The van der Waals surface area contributed by atoms with Crippen LogP contribution in [0.25, 0.3) is 225 Å². The third-order valence-corrected chi connectivity index (χ3v) is 23.4. The van der Waals surface area contributed by atoms with Crippen LogP contribution in [0.5, 0.6) is 23.0 Å². The molecule has 0 atom stereocenters. The number of aromatic amines is 4. The standard InChI is InChI=1S/C108H76N12O6/c1-9-25-65(26-10-1)93-73-41-42-74(109-73)94(66-27-11-2-12-28-66)78-46-50-82(112-78)98(70-35-19-6-20-36-70)102-106-105(101(119-102)97(69-33-17-5-18-34-69)81-49-45-77(93)111-81)115-85-61-89-90(62-86(85)116-106)124-58-54-122-56-60-126-92-64-88-87(63-91(92)125-59-55-121-53-57-123-89)117-107-103-99(71-37-21-7-22-38-71)83-51-47-79(113-83)95(67-29-13-3-14-30-67)75-43-44-76(110-75)96(68-31-15-4-16-32-68)80-48-52-84(114-80)100(72-39-23-8-24-40-72)104(120-103)108(107)118-88/h1-52,61-64,111-114H,53-60H2. The normalized spacial score (nSPS) is 13.3. The average Bonchev–Trinajstić information content (AvgIpc) is 1.58. The van der Waals surface area contributed by atoms with Gasteiger partial charge >= 0.3 is 0 Å². The van der Waals surface area contributed by atoms with Gasteiger partial charge in [-0.05, 0) is 117 Å². The highest BCUT2D eigenvalue weighted by atomic mass is 16.6. The molecule has 13 heterocycles. The number of rotatable bonds is 8. The first-order valence-electron chi connectivity index (χ1n) is 42.3. The van der Waals surface area contributed by atoms with Crippen molar-refractivity contribution >= 4 is 90.5 Å². The second-order valence-corrected chi connectivity index (χ2v) is 31.2. The van der Waals surface area contributed by atoms with Crippen LogP contribution in [0.2, 0.25) is 0 Å². The Bertz CT molecular complexity index is 6850. The van der Waals surface area contributed by atoms with E-state index in [1.54, 1.807) is 0 Å². The van der Waals surface area contributed by atoms with Crippen molar-refractivity contribution in [3.63, 3.8) is 0 Å². The largest absolute Gasteiger partial charge is 0.487 e. The Labute approximate surface area is 723 Å². The van der Waals surface area contributed by atoms with Crippen LogP contribution in [0.1, 0.15) is 22.8 Å². The molecule has 18 nitrogen and oxygen atoms in total. The van der Waals surface area contributed by atoms with E-state index < -0.39 is 0 Å². The molecule has 5 aliphatic heterocycles. The van der Waals surface area contributed by atoms with E-state index in [0.29, 0.717) is 90.6 Å². The number of benzene rings is 10. The van der Waals surface area contributed by atoms with Gasteiger partial charge < -0.3 is 48.4 Å². The molecule has 0 saturated carbocycles. The van der Waals surface area contributed by atoms with Gasteiger partial charge in [-0.2, -0.15) is 0 Å². The minimum Gasteiger partial charge on any atom is -0.487 e. The van der Waals surface area contributed by atoms with E-state index in [1.807, 2.05) is 72.8 Å². The molecule has 0 fully saturated rings. The Morgan fingerprint density at radius 1 is 0.175 bits per heavy atom. The van der Waals surface area contributed by atoms with Crippen molar-refractivity contribution in [1.82, 2.24) is 59.8 Å². The van der Waals surface area contributed by atoms with Crippen LogP contribution in [0, 0.1) is 0 Å². The Morgan fingerprint density at radius 3 is 0.556 bits per heavy atom. The van der Waals surface area contributed by atoms with Crippen LogP contribution in [-0.2, 0) is 9.47 Å². The van der Waals surface area contributed by atoms with Crippen LogP contribution in [0.15, 0.2) is 315 Å². The number of nitrogens with one attached hydrogen (secondary N) is 4. The topological polar surface area (TPSA) is 222 Å². The minimum absolute atomic E-state index is 0.156. The maximum atomic E-state index is 6.73. The Balaban J connectivity index is 0.623. The van der Waals surface area contributed by atoms with Crippen molar-refractivity contribution in [2.24, 2.45) is 0 Å². The number of fused-ring (bicyclic) bond motifs is 26. The molecular formula is C108H76N12O6. The molecule has 0 radical (unpaired) electrons. The van der Waals surface area contributed by atoms with E-state index in [4.69, 9.17) is 68.3 Å². The number of H-pyrrole nitrogens is 4. The summed E-state index contributed by atoms with van der Waals surface area (Å²) in [5.41, 5.74) is 32.1. The van der Waals surface area contributed by atoms with Gasteiger partial charge in [0.25, 0.3) is 0 Å². The third kappa shape index (κ3) is 13.8. The van der Waals surface area contributed by atoms with E-state index in [0.717, 1.165) is 156 Å². The predicted molar refractivity (Wildman–Crippen MR) is 502 cm³/mol. The molecule has 604 valence electrons. The molecule has 126 heavy (non-hydrogen) atoms. The van der Waals surface area contributed by atoms with E-state index in [-0.39, 0.29) is 52.9 Å². The molecule has 10 aromatic carbocycles. The van der Waals surface area contributed by atoms with Gasteiger partial charge in [-0.3, -0.25) is 0 Å². The van der Waals surface area contributed by atoms with Gasteiger partial charge in [-0.25, -0.2) is 39.9 Å². The number of hydrogen-bond donors (Lipinski definition) is 4. The van der Waals surface area contributed by atoms with Crippen molar-refractivity contribution in [2.45, 2.75) is 0 Å². The highest BCUT2D eigenvalue weighted by Gasteiger charge is 2.33. The third-order valence-electron chi connectivity index (χ3n) is 23.4. The van der Waals surface area contributed by atoms with Crippen LogP contribution in [0.4, 0.5) is 0 Å². The fraction of sp³-hybridized carbons (Fsp3) is 0.0741. The first kappa shape index (κ1) is 74.7. The summed E-state index contributed by atoms with van der Waals surface area (Å²) in [5, 5.41) is 0. The fourth-order valence-electron chi connectivity index (χ4n) is 17.7. The minimum atomic E-state index is 0.156. The molecule has 0 unspecified atom stereocenters. The fourth-order valence-corrected chi connectivity index (χ4v) is 17.7. The van der Waals surface area contributed by atoms with Gasteiger partial charge in [-0.1, -0.05) is 243 Å². The molecule has 4 N–H and O–H groups in total. The molecule has 8 aromatic heterocycles. The molecular weight excluding hydrogens is 1560 g/mol. The summed E-state index contributed by atoms with van der Waals surface area (Å²) < 4.78 is 39.7. The van der Waals surface area contributed by atoms with E-state index in [2.05, 4.69) is 287 Å². The van der Waals surface area contributed by atoms with Crippen molar-refractivity contribution in [1.29, 1.82) is 0 Å². The highest BCUT2D eigenvalue weighted by molar-refractivity contribution is 6.08. The van der Waals surface area contributed by atoms with E-state index in [9.17, 15) is 0 Å². The number of aromatic nitrogens is 12. The second-order valence-electron chi connectivity index (χ2n) is 31.2. The smallest absolute Gasteiger partial charge is 0.163 e. The lowest BCUT2D eigenvalue weighted by molar-refractivity contribution is 0.0641. The van der Waals surface area contributed by atoms with Gasteiger partial charge in [0.1, 0.15) is 72.0 Å². The number of hydrogen-bond acceptors (Lipinski definition) is 14. The summed E-state index contributed by atoms with van der Waals surface area (Å²) in [4.78, 5) is 61.0. The number of ether oxygens (including phenoxy) is 6. The summed E-state index contributed by atoms with van der Waals surface area (Å²) in [7, 11) is 0. The lowest BCUT2D eigenvalue weighted by Gasteiger charge is -2.17. The first-order valence-corrected chi connectivity index (χ1v) is 42.3. The molecule has 18 heteroatoms. The molecule has 23 rings (SSSR count). The van der Waals surface area contributed by atoms with Crippen molar-refractivity contribution in [3.8, 4) is 158 Å². The zero-order chi connectivity index (χ0) is 83.4. The van der Waals surface area contributed by atoms with Gasteiger partial charge in [0.05, 0.1) is 71.3 Å². The van der Waals surface area contributed by atoms with Crippen molar-refractivity contribution in [3.05, 3.63) is 338 Å². The quantitative estimate of drug-likeness (QED) is 0.111. The second kappa shape index (κ2) is 32.3. The Morgan fingerprint density at radius 2 is 0.357 bits per heavy atom. The highest BCUT2D eigenvalue weighted by Crippen LogP contribution is 2.51. The summed E-state index contributed by atoms with van der Waals surface area (Å²) in [5.74, 6) is 1.81. The molecule has 18 aromatic rings. The van der Waals surface area contributed by atoms with Gasteiger partial charge in [0.15, 0.2) is 23.0 Å². The molecule has 0 aliphatic carbocycles. The van der Waals surface area contributed by atoms with Crippen LogP contribution < -0.4 is 18.9 Å². The zero-order valence-electron chi connectivity index (χ0n) is 68.0. The van der Waals surface area contributed by atoms with Crippen molar-refractivity contribution in [2.75, 3.05) is 52.9 Å². The lowest BCUT2D eigenvalue weighted by atomic mass is 10.00. The molecule has 0 saturated heterocycles. The summed E-state index contributed by atoms with van der Waals surface area (Å²) >= 11 is 0. The van der Waals surface area contributed by atoms with E-state index in [1.165, 1.54) is 0 Å². The van der Waals surface area contributed by atoms with Crippen LogP contribution in [0.3, 0.4) is 0 Å². The summed E-state index contributed by atoms with van der Waals surface area (Å²) in [6.07, 6.45) is 8.48. The van der Waals surface area contributed by atoms with Crippen LogP contribution in [-0.4, -0.2) is 113 Å². The SMILES string of the molecule is C1=Cc2nc1c(-c1ccccc1)c1ccc([nH]1)c(-c1ccccc1)c1nc(c(-c3ccccc3)c3ccc([nH]3)c2-c2ccccc2)-c2nc3cc4c(cc3nc2-1)OCCOCCOc1cc2nc3c(nc2cc1OCCOCCO4)-c1nc-3c(-c2ccccc2)c2ccc([nH]2)c(-c2ccccc2)c2nc(c(-c3ccccc3)c3ccc([nH]3)c1-c1ccccc1)C=C2. The van der Waals surface area contributed by atoms with Gasteiger partial charge in [-0.15, -0.1) is 0 Å². The van der Waals surface area contributed by atoms with Gasteiger partial charge in [0.2, 0.25) is 0 Å². The molecule has 5 aliphatic rings. The predicted octanol–water partition coefficient (Wildman–Crippen LogP) is 24.4. The average molecular weight is 1640 g/mol. The molecule has 0 spiro atoms. The lowest BCUT2D eigenvalue weighted by Crippen LogP contribution is -2.15. The number of nitrogens with zero attached hydrogens (tertiary/aromatic N) is 8. The summed E-state index contributed by atoms with van der Waals surface area (Å²) in [6, 6.07) is 108. The zero-order valence-corrected chi connectivity index (χ0v) is 68.0. The monoisotopic (exact) mass is 1640 g/mol. The maximum absolute atomic E-state index is 6.73.